The lowest BCUT2D eigenvalue weighted by Gasteiger charge is -2.32. The van der Waals surface area contributed by atoms with Crippen LogP contribution >= 0.6 is 15.9 Å². The van der Waals surface area contributed by atoms with Gasteiger partial charge in [-0.05, 0) is 69.5 Å². The zero-order valence-electron chi connectivity index (χ0n) is 16.0. The first kappa shape index (κ1) is 19.6. The van der Waals surface area contributed by atoms with Gasteiger partial charge in [0.15, 0.2) is 0 Å². The van der Waals surface area contributed by atoms with Gasteiger partial charge in [-0.25, -0.2) is 0 Å². The average molecular weight is 429 g/mol. The molecule has 0 aromatic heterocycles. The SMILES string of the molecule is Cc1cc(C)cc(C(=O)N2CCCC(C(=O)Nc3ccc(Br)c(C)c3)C2)c1. The highest BCUT2D eigenvalue weighted by Gasteiger charge is 2.29. The summed E-state index contributed by atoms with van der Waals surface area (Å²) in [6.07, 6.45) is 1.64. The van der Waals surface area contributed by atoms with E-state index in [0.717, 1.165) is 39.7 Å². The quantitative estimate of drug-likeness (QED) is 0.757. The Hall–Kier alpha value is -2.14. The number of nitrogens with one attached hydrogen (secondary N) is 1. The third kappa shape index (κ3) is 4.78. The molecule has 0 radical (unpaired) electrons. The van der Waals surface area contributed by atoms with E-state index in [2.05, 4.69) is 27.3 Å². The molecule has 1 heterocycles. The van der Waals surface area contributed by atoms with Crippen LogP contribution in [0.15, 0.2) is 40.9 Å². The molecule has 0 spiro atoms. The van der Waals surface area contributed by atoms with Crippen molar-refractivity contribution in [3.63, 3.8) is 0 Å². The molecular formula is C22H25BrN2O2. The van der Waals surface area contributed by atoms with Crippen LogP contribution in [0.25, 0.3) is 0 Å². The van der Waals surface area contributed by atoms with E-state index >= 15 is 0 Å². The highest BCUT2D eigenvalue weighted by Crippen LogP contribution is 2.23. The lowest BCUT2D eigenvalue weighted by Crippen LogP contribution is -2.43. The molecule has 1 aliphatic rings. The number of hydrogen-bond donors (Lipinski definition) is 1. The first-order chi connectivity index (χ1) is 12.8. The lowest BCUT2D eigenvalue weighted by atomic mass is 9.96. The van der Waals surface area contributed by atoms with Crippen molar-refractivity contribution in [3.05, 3.63) is 63.1 Å². The largest absolute Gasteiger partial charge is 0.338 e. The van der Waals surface area contributed by atoms with E-state index < -0.39 is 0 Å². The number of likely N-dealkylation sites (tertiary alicyclic amines) is 1. The van der Waals surface area contributed by atoms with Crippen molar-refractivity contribution in [3.8, 4) is 0 Å². The molecule has 1 atom stereocenters. The molecule has 1 aliphatic heterocycles. The number of aryl methyl sites for hydroxylation is 3. The van der Waals surface area contributed by atoms with E-state index in [0.29, 0.717) is 18.7 Å². The Balaban J connectivity index is 1.68. The number of carbonyl (C=O) groups is 2. The number of nitrogens with zero attached hydrogens (tertiary/aromatic N) is 1. The summed E-state index contributed by atoms with van der Waals surface area (Å²) in [6.45, 7) is 7.15. The third-order valence-corrected chi connectivity index (χ3v) is 5.86. The van der Waals surface area contributed by atoms with Crippen LogP contribution in [0.2, 0.25) is 0 Å². The van der Waals surface area contributed by atoms with Gasteiger partial charge in [0.25, 0.3) is 5.91 Å². The maximum atomic E-state index is 12.9. The molecule has 1 saturated heterocycles. The minimum Gasteiger partial charge on any atom is -0.338 e. The molecule has 4 nitrogen and oxygen atoms in total. The van der Waals surface area contributed by atoms with Gasteiger partial charge in [-0.1, -0.05) is 33.1 Å². The summed E-state index contributed by atoms with van der Waals surface area (Å²) in [5, 5.41) is 3.00. The summed E-state index contributed by atoms with van der Waals surface area (Å²) in [6, 6.07) is 11.7. The third-order valence-electron chi connectivity index (χ3n) is 4.97. The topological polar surface area (TPSA) is 49.4 Å². The number of rotatable bonds is 3. The zero-order valence-corrected chi connectivity index (χ0v) is 17.6. The maximum Gasteiger partial charge on any atom is 0.253 e. The molecule has 0 saturated carbocycles. The van der Waals surface area contributed by atoms with Gasteiger partial charge in [0.2, 0.25) is 5.91 Å². The molecule has 3 rings (SSSR count). The van der Waals surface area contributed by atoms with Crippen LogP contribution in [0, 0.1) is 26.7 Å². The maximum absolute atomic E-state index is 12.9. The zero-order chi connectivity index (χ0) is 19.6. The molecule has 1 unspecified atom stereocenters. The molecular weight excluding hydrogens is 404 g/mol. The summed E-state index contributed by atoms with van der Waals surface area (Å²) in [5.41, 5.74) is 4.73. The minimum absolute atomic E-state index is 0.0128. The summed E-state index contributed by atoms with van der Waals surface area (Å²) in [5.74, 6) is -0.189. The fourth-order valence-electron chi connectivity index (χ4n) is 3.62. The van der Waals surface area contributed by atoms with E-state index in [1.54, 1.807) is 0 Å². The number of piperidine rings is 1. The van der Waals surface area contributed by atoms with E-state index in [9.17, 15) is 9.59 Å². The highest BCUT2D eigenvalue weighted by molar-refractivity contribution is 9.10. The first-order valence-corrected chi connectivity index (χ1v) is 10.1. The van der Waals surface area contributed by atoms with Crippen molar-refractivity contribution in [2.45, 2.75) is 33.6 Å². The summed E-state index contributed by atoms with van der Waals surface area (Å²) in [7, 11) is 0. The Kier molecular flexibility index (Phi) is 6.00. The van der Waals surface area contributed by atoms with Crippen molar-refractivity contribution in [1.82, 2.24) is 4.90 Å². The van der Waals surface area contributed by atoms with Gasteiger partial charge >= 0.3 is 0 Å². The van der Waals surface area contributed by atoms with Gasteiger partial charge in [0.05, 0.1) is 5.92 Å². The Morgan fingerprint density at radius 3 is 2.44 bits per heavy atom. The molecule has 2 aromatic carbocycles. The van der Waals surface area contributed by atoms with E-state index in [1.165, 1.54) is 0 Å². The number of benzene rings is 2. The van der Waals surface area contributed by atoms with Crippen molar-refractivity contribution < 1.29 is 9.59 Å². The van der Waals surface area contributed by atoms with Crippen LogP contribution in [0.5, 0.6) is 0 Å². The lowest BCUT2D eigenvalue weighted by molar-refractivity contribution is -0.121. The van der Waals surface area contributed by atoms with Gasteiger partial charge in [-0.2, -0.15) is 0 Å². The van der Waals surface area contributed by atoms with Crippen molar-refractivity contribution in [2.75, 3.05) is 18.4 Å². The molecule has 0 bridgehead atoms. The Bertz CT molecular complexity index is 858. The van der Waals surface area contributed by atoms with Crippen LogP contribution in [0.4, 0.5) is 5.69 Å². The summed E-state index contributed by atoms with van der Waals surface area (Å²) in [4.78, 5) is 27.4. The smallest absolute Gasteiger partial charge is 0.253 e. The number of hydrogen-bond acceptors (Lipinski definition) is 2. The highest BCUT2D eigenvalue weighted by atomic mass is 79.9. The van der Waals surface area contributed by atoms with Crippen molar-refractivity contribution in [2.24, 2.45) is 5.92 Å². The fourth-order valence-corrected chi connectivity index (χ4v) is 3.87. The van der Waals surface area contributed by atoms with Gasteiger partial charge in [-0.3, -0.25) is 9.59 Å². The molecule has 1 fully saturated rings. The van der Waals surface area contributed by atoms with E-state index in [4.69, 9.17) is 0 Å². The molecule has 1 N–H and O–H groups in total. The molecule has 27 heavy (non-hydrogen) atoms. The normalized spacial score (nSPS) is 16.9. The second kappa shape index (κ2) is 8.26. The summed E-state index contributed by atoms with van der Waals surface area (Å²) < 4.78 is 1.02. The predicted octanol–water partition coefficient (Wildman–Crippen LogP) is 4.87. The van der Waals surface area contributed by atoms with Gasteiger partial charge in [0.1, 0.15) is 0 Å². The fraction of sp³-hybridized carbons (Fsp3) is 0.364. The van der Waals surface area contributed by atoms with Gasteiger partial charge in [-0.15, -0.1) is 0 Å². The standard InChI is InChI=1S/C22H25BrN2O2/c1-14-9-15(2)11-18(10-14)22(27)25-8-4-5-17(13-25)21(26)24-19-6-7-20(23)16(3)12-19/h6-7,9-12,17H,4-5,8,13H2,1-3H3,(H,24,26). The van der Waals surface area contributed by atoms with Crippen molar-refractivity contribution >= 4 is 33.4 Å². The second-order valence-corrected chi connectivity index (χ2v) is 8.27. The molecule has 2 amide bonds. The van der Waals surface area contributed by atoms with Crippen LogP contribution < -0.4 is 5.32 Å². The molecule has 2 aromatic rings. The van der Waals surface area contributed by atoms with Crippen LogP contribution in [-0.4, -0.2) is 29.8 Å². The molecule has 0 aliphatic carbocycles. The number of carbonyl (C=O) groups excluding carboxylic acids is 2. The van der Waals surface area contributed by atoms with E-state index in [1.807, 2.05) is 56.0 Å². The van der Waals surface area contributed by atoms with Gasteiger partial charge < -0.3 is 10.2 Å². The molecule has 142 valence electrons. The van der Waals surface area contributed by atoms with E-state index in [-0.39, 0.29) is 17.7 Å². The Morgan fingerprint density at radius 2 is 1.78 bits per heavy atom. The predicted molar refractivity (Wildman–Crippen MR) is 112 cm³/mol. The Labute approximate surface area is 169 Å². The summed E-state index contributed by atoms with van der Waals surface area (Å²) >= 11 is 3.47. The number of anilines is 1. The van der Waals surface area contributed by atoms with Crippen molar-refractivity contribution in [1.29, 1.82) is 0 Å². The van der Waals surface area contributed by atoms with Crippen LogP contribution in [-0.2, 0) is 4.79 Å². The average Bonchev–Trinajstić information content (AvgIpc) is 2.63. The second-order valence-electron chi connectivity index (χ2n) is 7.42. The number of amides is 2. The minimum atomic E-state index is -0.183. The molecule has 5 heteroatoms. The number of halogens is 1. The Morgan fingerprint density at radius 1 is 1.07 bits per heavy atom. The first-order valence-electron chi connectivity index (χ1n) is 9.28. The monoisotopic (exact) mass is 428 g/mol. The van der Waals surface area contributed by atoms with Crippen LogP contribution in [0.3, 0.4) is 0 Å². The van der Waals surface area contributed by atoms with Crippen LogP contribution in [0.1, 0.15) is 39.9 Å². The van der Waals surface area contributed by atoms with Gasteiger partial charge in [0, 0.05) is 28.8 Å².